The van der Waals surface area contributed by atoms with Gasteiger partial charge in [-0.25, -0.2) is 4.98 Å². The van der Waals surface area contributed by atoms with Crippen molar-refractivity contribution in [2.75, 3.05) is 24.2 Å². The number of amides is 1. The highest BCUT2D eigenvalue weighted by Crippen LogP contribution is 2.22. The van der Waals surface area contributed by atoms with Gasteiger partial charge in [-0.05, 0) is 36.4 Å². The van der Waals surface area contributed by atoms with Crippen molar-refractivity contribution in [1.82, 2.24) is 9.55 Å². The minimum atomic E-state index is -0.290. The second kappa shape index (κ2) is 5.81. The highest BCUT2D eigenvalue weighted by atomic mass is 16.1. The van der Waals surface area contributed by atoms with Gasteiger partial charge in [-0.3, -0.25) is 9.36 Å². The molecule has 0 saturated heterocycles. The monoisotopic (exact) mass is 319 g/mol. The second-order valence-corrected chi connectivity index (χ2v) is 5.60. The van der Waals surface area contributed by atoms with E-state index in [0.717, 1.165) is 35.5 Å². The van der Waals surface area contributed by atoms with E-state index >= 15 is 0 Å². The molecule has 1 aliphatic rings. The van der Waals surface area contributed by atoms with Crippen molar-refractivity contribution in [1.29, 1.82) is 0 Å². The van der Waals surface area contributed by atoms with E-state index in [4.69, 9.17) is 0 Å². The molecular weight excluding hydrogens is 302 g/mol. The smallest absolute Gasteiger partial charge is 0.280 e. The highest BCUT2D eigenvalue weighted by molar-refractivity contribution is 5.95. The third kappa shape index (κ3) is 2.42. The Morgan fingerprint density at radius 2 is 2.00 bits per heavy atom. The normalized spacial score (nSPS) is 13.6. The maximum absolute atomic E-state index is 12.5. The maximum Gasteiger partial charge on any atom is 0.280 e. The van der Waals surface area contributed by atoms with E-state index in [9.17, 15) is 4.79 Å². The van der Waals surface area contributed by atoms with Crippen molar-refractivity contribution < 1.29 is 4.79 Å². The summed E-state index contributed by atoms with van der Waals surface area (Å²) in [5, 5.41) is 7.43. The lowest BCUT2D eigenvalue weighted by Gasteiger charge is -2.07. The number of rotatable bonds is 2. The first-order valence-electron chi connectivity index (χ1n) is 7.86. The number of carbonyl (C=O) groups excluding carboxylic acids is 1. The standard InChI is InChI=1S/C18H17N5O/c1-19-13-8-6-12(7-9-13)17(24)22-18-21-15-5-3-2-4-14(15)16-20-10-11-23(16)18/h2-9,19-20H,10-11H2,1H3. The van der Waals surface area contributed by atoms with E-state index in [-0.39, 0.29) is 5.91 Å². The first kappa shape index (κ1) is 14.4. The van der Waals surface area contributed by atoms with Crippen molar-refractivity contribution in [3.63, 3.8) is 0 Å². The number of nitrogens with one attached hydrogen (secondary N) is 2. The number of benzene rings is 2. The Morgan fingerprint density at radius 1 is 1.21 bits per heavy atom. The average Bonchev–Trinajstić information content (AvgIpc) is 3.12. The van der Waals surface area contributed by atoms with Gasteiger partial charge in [-0.2, -0.15) is 4.99 Å². The molecule has 3 aromatic rings. The van der Waals surface area contributed by atoms with Crippen LogP contribution in [-0.4, -0.2) is 29.1 Å². The van der Waals surface area contributed by atoms with Crippen molar-refractivity contribution in [2.45, 2.75) is 6.54 Å². The van der Waals surface area contributed by atoms with Crippen LogP contribution in [0.15, 0.2) is 53.5 Å². The van der Waals surface area contributed by atoms with Gasteiger partial charge in [0.25, 0.3) is 5.91 Å². The fourth-order valence-electron chi connectivity index (χ4n) is 2.89. The van der Waals surface area contributed by atoms with E-state index in [1.54, 1.807) is 12.1 Å². The third-order valence-corrected chi connectivity index (χ3v) is 4.14. The SMILES string of the molecule is CNc1ccc(C(=O)N=c2nc3ccccc3c3n2CCN3)cc1. The predicted octanol–water partition coefficient (Wildman–Crippen LogP) is 2.24. The van der Waals surface area contributed by atoms with Crippen LogP contribution in [0.1, 0.15) is 10.4 Å². The molecule has 24 heavy (non-hydrogen) atoms. The number of carbonyl (C=O) groups is 1. The number of hydrogen-bond donors (Lipinski definition) is 2. The second-order valence-electron chi connectivity index (χ2n) is 5.60. The molecule has 2 aromatic carbocycles. The summed E-state index contributed by atoms with van der Waals surface area (Å²) in [6.45, 7) is 1.56. The summed E-state index contributed by atoms with van der Waals surface area (Å²) in [7, 11) is 1.84. The lowest BCUT2D eigenvalue weighted by Crippen LogP contribution is -2.24. The number of anilines is 2. The van der Waals surface area contributed by atoms with Crippen LogP contribution >= 0.6 is 0 Å². The summed E-state index contributed by atoms with van der Waals surface area (Å²) < 4.78 is 1.96. The molecule has 0 atom stereocenters. The van der Waals surface area contributed by atoms with E-state index in [2.05, 4.69) is 20.6 Å². The van der Waals surface area contributed by atoms with Crippen LogP contribution in [-0.2, 0) is 6.54 Å². The fourth-order valence-corrected chi connectivity index (χ4v) is 2.89. The van der Waals surface area contributed by atoms with Crippen LogP contribution in [0.4, 0.5) is 11.5 Å². The molecule has 0 bridgehead atoms. The van der Waals surface area contributed by atoms with Gasteiger partial charge >= 0.3 is 0 Å². The van der Waals surface area contributed by atoms with Crippen LogP contribution in [0, 0.1) is 0 Å². The van der Waals surface area contributed by atoms with E-state index in [0.29, 0.717) is 11.2 Å². The number of fused-ring (bicyclic) bond motifs is 3. The summed E-state index contributed by atoms with van der Waals surface area (Å²) in [5.74, 6) is 0.680. The summed E-state index contributed by atoms with van der Waals surface area (Å²) in [4.78, 5) is 21.3. The molecule has 1 aromatic heterocycles. The van der Waals surface area contributed by atoms with Gasteiger partial charge in [0, 0.05) is 36.8 Å². The summed E-state index contributed by atoms with van der Waals surface area (Å²) in [6, 6.07) is 15.1. The molecule has 0 radical (unpaired) electrons. The van der Waals surface area contributed by atoms with Gasteiger partial charge in [0.2, 0.25) is 5.62 Å². The first-order valence-corrected chi connectivity index (χ1v) is 7.86. The number of hydrogen-bond acceptors (Lipinski definition) is 4. The van der Waals surface area contributed by atoms with E-state index < -0.39 is 0 Å². The van der Waals surface area contributed by atoms with Gasteiger partial charge in [-0.15, -0.1) is 0 Å². The van der Waals surface area contributed by atoms with Crippen LogP contribution < -0.4 is 16.3 Å². The van der Waals surface area contributed by atoms with Gasteiger partial charge in [0.1, 0.15) is 5.82 Å². The molecule has 120 valence electrons. The van der Waals surface area contributed by atoms with Gasteiger partial charge < -0.3 is 10.6 Å². The van der Waals surface area contributed by atoms with Gasteiger partial charge in [0.05, 0.1) is 5.52 Å². The lowest BCUT2D eigenvalue weighted by molar-refractivity contribution is 0.0996. The van der Waals surface area contributed by atoms with Crippen LogP contribution in [0.2, 0.25) is 0 Å². The minimum absolute atomic E-state index is 0.290. The third-order valence-electron chi connectivity index (χ3n) is 4.14. The zero-order valence-corrected chi connectivity index (χ0v) is 13.3. The van der Waals surface area contributed by atoms with Gasteiger partial charge in [-0.1, -0.05) is 12.1 Å². The Labute approximate surface area is 138 Å². The number of nitrogens with zero attached hydrogens (tertiary/aromatic N) is 3. The predicted molar refractivity (Wildman–Crippen MR) is 94.1 cm³/mol. The zero-order chi connectivity index (χ0) is 16.5. The molecule has 1 aliphatic heterocycles. The van der Waals surface area contributed by atoms with Crippen LogP contribution in [0.3, 0.4) is 0 Å². The van der Waals surface area contributed by atoms with Crippen molar-refractivity contribution in [3.05, 3.63) is 59.7 Å². The van der Waals surface area contributed by atoms with E-state index in [1.807, 2.05) is 48.0 Å². The molecule has 6 heteroatoms. The largest absolute Gasteiger partial charge is 0.388 e. The molecule has 0 fully saturated rings. The van der Waals surface area contributed by atoms with Crippen molar-refractivity contribution in [3.8, 4) is 0 Å². The van der Waals surface area contributed by atoms with Crippen molar-refractivity contribution in [2.24, 2.45) is 4.99 Å². The first-order chi connectivity index (χ1) is 11.8. The number of para-hydroxylation sites is 1. The quantitative estimate of drug-likeness (QED) is 0.760. The molecular formula is C18H17N5O. The molecule has 0 unspecified atom stereocenters. The lowest BCUT2D eigenvalue weighted by atomic mass is 10.2. The molecule has 0 aliphatic carbocycles. The molecule has 0 spiro atoms. The molecule has 2 N–H and O–H groups in total. The highest BCUT2D eigenvalue weighted by Gasteiger charge is 2.15. The van der Waals surface area contributed by atoms with Crippen LogP contribution in [0.25, 0.3) is 10.9 Å². The maximum atomic E-state index is 12.5. The molecule has 1 amide bonds. The Hall–Kier alpha value is -3.15. The summed E-state index contributed by atoms with van der Waals surface area (Å²) in [5.41, 5.74) is 2.77. The molecule has 0 saturated carbocycles. The molecule has 4 rings (SSSR count). The summed E-state index contributed by atoms with van der Waals surface area (Å²) >= 11 is 0. The van der Waals surface area contributed by atoms with Crippen LogP contribution in [0.5, 0.6) is 0 Å². The summed E-state index contributed by atoms with van der Waals surface area (Å²) in [6.07, 6.45) is 0. The van der Waals surface area contributed by atoms with Gasteiger partial charge in [0.15, 0.2) is 0 Å². The average molecular weight is 319 g/mol. The topological polar surface area (TPSA) is 71.3 Å². The minimum Gasteiger partial charge on any atom is -0.388 e. The molecule has 2 heterocycles. The Kier molecular flexibility index (Phi) is 3.49. The fraction of sp³-hybridized carbons (Fsp3) is 0.167. The van der Waals surface area contributed by atoms with Crippen molar-refractivity contribution >= 4 is 28.3 Å². The van der Waals surface area contributed by atoms with E-state index in [1.165, 1.54) is 0 Å². The Balaban J connectivity index is 1.83. The Bertz CT molecular complexity index is 988. The number of aromatic nitrogens is 2. The Morgan fingerprint density at radius 3 is 2.79 bits per heavy atom. The zero-order valence-electron chi connectivity index (χ0n) is 13.3. The molecule has 6 nitrogen and oxygen atoms in total.